The number of esters is 1. The van der Waals surface area contributed by atoms with Crippen LogP contribution in [-0.2, 0) is 9.53 Å². The number of hydrogen-bond donors (Lipinski definition) is 0. The third kappa shape index (κ3) is 6.53. The lowest BCUT2D eigenvalue weighted by Crippen LogP contribution is -2.22. The van der Waals surface area contributed by atoms with Crippen molar-refractivity contribution in [2.75, 3.05) is 0 Å². The Morgan fingerprint density at radius 3 is 2.07 bits per heavy atom. The van der Waals surface area contributed by atoms with E-state index in [1.165, 1.54) is 19.3 Å². The number of hydrogen-bond acceptors (Lipinski definition) is 2. The molecule has 0 amide bonds. The lowest BCUT2D eigenvalue weighted by Gasteiger charge is -2.20. The smallest absolute Gasteiger partial charge is 0.306 e. The van der Waals surface area contributed by atoms with Gasteiger partial charge in [0.15, 0.2) is 0 Å². The Hall–Kier alpha value is -0.530. The minimum Gasteiger partial charge on any atom is -0.459 e. The molecular formula is C13H26O2. The van der Waals surface area contributed by atoms with Crippen molar-refractivity contribution in [1.29, 1.82) is 0 Å². The Morgan fingerprint density at radius 1 is 1.20 bits per heavy atom. The monoisotopic (exact) mass is 214 g/mol. The average molecular weight is 214 g/mol. The summed E-state index contributed by atoms with van der Waals surface area (Å²) in [5.74, 6) is -0.0315. The maximum absolute atomic E-state index is 10.7. The molecule has 0 aliphatic carbocycles. The van der Waals surface area contributed by atoms with E-state index in [2.05, 4.69) is 20.8 Å². The van der Waals surface area contributed by atoms with Crippen LogP contribution in [0, 0.1) is 0 Å². The van der Waals surface area contributed by atoms with E-state index in [1.807, 2.05) is 6.92 Å². The zero-order valence-electron chi connectivity index (χ0n) is 10.8. The van der Waals surface area contributed by atoms with Crippen LogP contribution in [-0.4, -0.2) is 11.6 Å². The van der Waals surface area contributed by atoms with E-state index in [-0.39, 0.29) is 11.6 Å². The SMILES string of the molecule is CCCCC.CCC[C@]1(C)CCC(=O)O1. The van der Waals surface area contributed by atoms with Crippen molar-refractivity contribution in [3.63, 3.8) is 0 Å². The van der Waals surface area contributed by atoms with Crippen molar-refractivity contribution in [1.82, 2.24) is 0 Å². The fourth-order valence-electron chi connectivity index (χ4n) is 1.80. The number of unbranched alkanes of at least 4 members (excludes halogenated alkanes) is 2. The van der Waals surface area contributed by atoms with Gasteiger partial charge in [-0.05, 0) is 19.8 Å². The summed E-state index contributed by atoms with van der Waals surface area (Å²) >= 11 is 0. The highest BCUT2D eigenvalue weighted by Gasteiger charge is 2.34. The maximum Gasteiger partial charge on any atom is 0.306 e. The largest absolute Gasteiger partial charge is 0.459 e. The molecule has 1 aliphatic heterocycles. The lowest BCUT2D eigenvalue weighted by molar-refractivity contribution is -0.147. The predicted molar refractivity (Wildman–Crippen MR) is 63.8 cm³/mol. The maximum atomic E-state index is 10.7. The molecule has 1 heterocycles. The molecule has 0 saturated carbocycles. The van der Waals surface area contributed by atoms with Gasteiger partial charge in [0.25, 0.3) is 0 Å². The van der Waals surface area contributed by atoms with E-state index in [9.17, 15) is 4.79 Å². The van der Waals surface area contributed by atoms with Crippen LogP contribution in [0.15, 0.2) is 0 Å². The zero-order chi connectivity index (χ0) is 11.7. The zero-order valence-corrected chi connectivity index (χ0v) is 10.8. The van der Waals surface area contributed by atoms with Gasteiger partial charge in [-0.3, -0.25) is 4.79 Å². The molecule has 0 radical (unpaired) electrons. The Morgan fingerprint density at radius 2 is 1.80 bits per heavy atom. The van der Waals surface area contributed by atoms with Crippen molar-refractivity contribution in [2.24, 2.45) is 0 Å². The molecule has 0 aromatic carbocycles. The average Bonchev–Trinajstić information content (AvgIpc) is 2.49. The van der Waals surface area contributed by atoms with Gasteiger partial charge in [0, 0.05) is 6.42 Å². The summed E-state index contributed by atoms with van der Waals surface area (Å²) in [4.78, 5) is 10.7. The summed E-state index contributed by atoms with van der Waals surface area (Å²) in [6.45, 7) is 8.55. The number of carbonyl (C=O) groups excluding carboxylic acids is 1. The van der Waals surface area contributed by atoms with Gasteiger partial charge in [-0.25, -0.2) is 0 Å². The molecule has 2 nitrogen and oxygen atoms in total. The first-order valence-corrected chi connectivity index (χ1v) is 6.29. The van der Waals surface area contributed by atoms with Crippen molar-refractivity contribution in [3.8, 4) is 0 Å². The Balaban J connectivity index is 0.000000336. The molecule has 2 heteroatoms. The van der Waals surface area contributed by atoms with Crippen LogP contribution >= 0.6 is 0 Å². The molecule has 1 atom stereocenters. The van der Waals surface area contributed by atoms with Gasteiger partial charge in [0.2, 0.25) is 0 Å². The van der Waals surface area contributed by atoms with Gasteiger partial charge in [0.1, 0.15) is 5.60 Å². The Labute approximate surface area is 94.4 Å². The number of ether oxygens (including phenoxy) is 1. The van der Waals surface area contributed by atoms with E-state index < -0.39 is 0 Å². The second-order valence-corrected chi connectivity index (χ2v) is 4.53. The minimum atomic E-state index is -0.133. The molecule has 90 valence electrons. The molecule has 0 spiro atoms. The van der Waals surface area contributed by atoms with E-state index in [4.69, 9.17) is 4.74 Å². The van der Waals surface area contributed by atoms with Crippen molar-refractivity contribution < 1.29 is 9.53 Å². The summed E-state index contributed by atoms with van der Waals surface area (Å²) in [6, 6.07) is 0. The van der Waals surface area contributed by atoms with E-state index in [1.54, 1.807) is 0 Å². The first-order chi connectivity index (χ1) is 7.08. The first kappa shape index (κ1) is 14.5. The quantitative estimate of drug-likeness (QED) is 0.659. The number of carbonyl (C=O) groups is 1. The molecule has 1 fully saturated rings. The molecule has 0 bridgehead atoms. The molecule has 0 aromatic rings. The van der Waals surface area contributed by atoms with Crippen LogP contribution in [0.4, 0.5) is 0 Å². The standard InChI is InChI=1S/C8H14O2.C5H12/c1-3-5-8(2)6-4-7(9)10-8;1-3-5-4-2/h3-6H2,1-2H3;3-5H2,1-2H3/t8-;/m1./s1. The summed E-state index contributed by atoms with van der Waals surface area (Å²) < 4.78 is 5.15. The highest BCUT2D eigenvalue weighted by Crippen LogP contribution is 2.30. The Kier molecular flexibility index (Phi) is 7.45. The van der Waals surface area contributed by atoms with Gasteiger partial charge >= 0.3 is 5.97 Å². The van der Waals surface area contributed by atoms with E-state index in [0.717, 1.165) is 19.3 Å². The second-order valence-electron chi connectivity index (χ2n) is 4.53. The van der Waals surface area contributed by atoms with Crippen LogP contribution in [0.1, 0.15) is 72.6 Å². The van der Waals surface area contributed by atoms with Crippen molar-refractivity contribution in [3.05, 3.63) is 0 Å². The summed E-state index contributed by atoms with van der Waals surface area (Å²) in [6.07, 6.45) is 7.67. The van der Waals surface area contributed by atoms with Crippen LogP contribution in [0.25, 0.3) is 0 Å². The molecule has 0 aromatic heterocycles. The van der Waals surface area contributed by atoms with Crippen molar-refractivity contribution >= 4 is 5.97 Å². The van der Waals surface area contributed by atoms with Crippen LogP contribution in [0.2, 0.25) is 0 Å². The highest BCUT2D eigenvalue weighted by molar-refractivity contribution is 5.72. The second kappa shape index (κ2) is 7.72. The molecule has 15 heavy (non-hydrogen) atoms. The lowest BCUT2D eigenvalue weighted by atomic mass is 9.97. The molecule has 0 unspecified atom stereocenters. The normalized spacial score (nSPS) is 24.4. The number of cyclic esters (lactones) is 1. The van der Waals surface area contributed by atoms with E-state index >= 15 is 0 Å². The van der Waals surface area contributed by atoms with Gasteiger partial charge in [-0.15, -0.1) is 0 Å². The topological polar surface area (TPSA) is 26.3 Å². The van der Waals surface area contributed by atoms with Crippen LogP contribution < -0.4 is 0 Å². The molecule has 1 rings (SSSR count). The summed E-state index contributed by atoms with van der Waals surface area (Å²) in [7, 11) is 0. The van der Waals surface area contributed by atoms with Gasteiger partial charge in [0.05, 0.1) is 0 Å². The first-order valence-electron chi connectivity index (χ1n) is 6.29. The van der Waals surface area contributed by atoms with Gasteiger partial charge in [-0.1, -0.05) is 46.5 Å². The van der Waals surface area contributed by atoms with Crippen LogP contribution in [0.3, 0.4) is 0 Å². The van der Waals surface area contributed by atoms with E-state index in [0.29, 0.717) is 6.42 Å². The molecular weight excluding hydrogens is 188 g/mol. The highest BCUT2D eigenvalue weighted by atomic mass is 16.6. The molecule has 1 aliphatic rings. The van der Waals surface area contributed by atoms with Crippen LogP contribution in [0.5, 0.6) is 0 Å². The fourth-order valence-corrected chi connectivity index (χ4v) is 1.80. The van der Waals surface area contributed by atoms with Gasteiger partial charge in [-0.2, -0.15) is 0 Å². The molecule has 1 saturated heterocycles. The minimum absolute atomic E-state index is 0.0315. The summed E-state index contributed by atoms with van der Waals surface area (Å²) in [5.41, 5.74) is -0.133. The third-order valence-electron chi connectivity index (χ3n) is 2.70. The third-order valence-corrected chi connectivity index (χ3v) is 2.70. The van der Waals surface area contributed by atoms with Gasteiger partial charge < -0.3 is 4.74 Å². The summed E-state index contributed by atoms with van der Waals surface area (Å²) in [5, 5.41) is 0. The Bertz CT molecular complexity index is 175. The predicted octanol–water partition coefficient (Wildman–Crippen LogP) is 4.08. The van der Waals surface area contributed by atoms with Crippen molar-refractivity contribution in [2.45, 2.75) is 78.2 Å². The number of rotatable bonds is 4. The fraction of sp³-hybridized carbons (Fsp3) is 0.923. The molecule has 0 N–H and O–H groups in total.